The van der Waals surface area contributed by atoms with Crippen molar-refractivity contribution in [3.05, 3.63) is 24.3 Å². The van der Waals surface area contributed by atoms with Crippen LogP contribution in [0.2, 0.25) is 0 Å². The lowest BCUT2D eigenvalue weighted by Crippen LogP contribution is -2.16. The molecule has 1 heterocycles. The lowest BCUT2D eigenvalue weighted by Gasteiger charge is -2.04. The van der Waals surface area contributed by atoms with Crippen molar-refractivity contribution in [1.29, 1.82) is 0 Å². The largest absolute Gasteiger partial charge is 0.308 e. The molecule has 4 nitrogen and oxygen atoms in total. The Labute approximate surface area is 105 Å². The van der Waals surface area contributed by atoms with E-state index in [4.69, 9.17) is 0 Å². The highest BCUT2D eigenvalue weighted by molar-refractivity contribution is 6.01. The minimum absolute atomic E-state index is 0.155. The topological polar surface area (TPSA) is 57.8 Å². The number of carbonyl (C=O) groups is 1. The van der Waals surface area contributed by atoms with Crippen LogP contribution in [0.3, 0.4) is 0 Å². The van der Waals surface area contributed by atoms with Crippen molar-refractivity contribution in [3.8, 4) is 0 Å². The second-order valence-electron chi connectivity index (χ2n) is 5.39. The first kappa shape index (κ1) is 10.1. The van der Waals surface area contributed by atoms with Crippen molar-refractivity contribution in [2.45, 2.75) is 19.3 Å². The van der Waals surface area contributed by atoms with Gasteiger partial charge >= 0.3 is 0 Å². The molecular formula is C14H15N3O. The maximum atomic E-state index is 12.2. The minimum Gasteiger partial charge on any atom is -0.308 e. The number of anilines is 1. The summed E-state index contributed by atoms with van der Waals surface area (Å²) in [6.45, 7) is 0. The van der Waals surface area contributed by atoms with Crippen LogP contribution in [0.25, 0.3) is 10.9 Å². The van der Waals surface area contributed by atoms with Gasteiger partial charge in [-0.15, -0.1) is 0 Å². The van der Waals surface area contributed by atoms with Gasteiger partial charge in [0.1, 0.15) is 0 Å². The maximum absolute atomic E-state index is 12.2. The molecule has 0 bridgehead atoms. The van der Waals surface area contributed by atoms with Crippen LogP contribution in [0.15, 0.2) is 24.3 Å². The number of nitrogens with one attached hydrogen (secondary N) is 2. The van der Waals surface area contributed by atoms with Gasteiger partial charge in [-0.3, -0.25) is 9.89 Å². The molecule has 2 atom stereocenters. The van der Waals surface area contributed by atoms with E-state index in [9.17, 15) is 4.79 Å². The van der Waals surface area contributed by atoms with E-state index in [1.807, 2.05) is 24.3 Å². The Morgan fingerprint density at radius 3 is 2.89 bits per heavy atom. The average molecular weight is 241 g/mol. The number of rotatable bonds is 2. The molecule has 18 heavy (non-hydrogen) atoms. The first-order valence-electron chi connectivity index (χ1n) is 6.58. The number of aromatic nitrogens is 2. The quantitative estimate of drug-likeness (QED) is 0.848. The number of nitrogens with zero attached hydrogens (tertiary/aromatic N) is 1. The van der Waals surface area contributed by atoms with Crippen LogP contribution in [-0.2, 0) is 4.79 Å². The van der Waals surface area contributed by atoms with Gasteiger partial charge in [0.2, 0.25) is 5.91 Å². The Hall–Kier alpha value is -1.84. The van der Waals surface area contributed by atoms with Gasteiger partial charge in [0.25, 0.3) is 0 Å². The number of benzene rings is 1. The summed E-state index contributed by atoms with van der Waals surface area (Å²) in [5.74, 6) is 2.36. The molecule has 1 aromatic heterocycles. The molecule has 2 fully saturated rings. The fraction of sp³-hybridized carbons (Fsp3) is 0.429. The summed E-state index contributed by atoms with van der Waals surface area (Å²) in [7, 11) is 0. The Balaban J connectivity index is 1.56. The number of H-pyrrole nitrogens is 1. The zero-order valence-electron chi connectivity index (χ0n) is 10.0. The van der Waals surface area contributed by atoms with Crippen LogP contribution in [0.1, 0.15) is 19.3 Å². The molecule has 2 saturated carbocycles. The van der Waals surface area contributed by atoms with Crippen LogP contribution in [0.5, 0.6) is 0 Å². The van der Waals surface area contributed by atoms with Crippen molar-refractivity contribution in [2.24, 2.45) is 17.8 Å². The van der Waals surface area contributed by atoms with Gasteiger partial charge in [0, 0.05) is 11.3 Å². The standard InChI is InChI=1S/C14H15N3O/c18-14(12-8-5-3-6-9(8)12)15-13-10-4-1-2-7-11(10)16-17-13/h1-2,4,7-9,12H,3,5-6H2,(H2,15,16,17,18). The molecule has 2 unspecified atom stereocenters. The van der Waals surface area contributed by atoms with Crippen LogP contribution >= 0.6 is 0 Å². The van der Waals surface area contributed by atoms with Gasteiger partial charge in [-0.25, -0.2) is 0 Å². The summed E-state index contributed by atoms with van der Waals surface area (Å²) in [5, 5.41) is 11.1. The predicted octanol–water partition coefficient (Wildman–Crippen LogP) is 2.55. The highest BCUT2D eigenvalue weighted by Crippen LogP contribution is 2.57. The number of fused-ring (bicyclic) bond motifs is 2. The van der Waals surface area contributed by atoms with Crippen molar-refractivity contribution in [3.63, 3.8) is 0 Å². The first-order valence-corrected chi connectivity index (χ1v) is 6.58. The normalized spacial score (nSPS) is 29.2. The minimum atomic E-state index is 0.155. The van der Waals surface area contributed by atoms with Crippen LogP contribution in [0, 0.1) is 17.8 Å². The summed E-state index contributed by atoms with van der Waals surface area (Å²) < 4.78 is 0. The highest BCUT2D eigenvalue weighted by Gasteiger charge is 2.56. The van der Waals surface area contributed by atoms with Gasteiger partial charge in [0.05, 0.1) is 5.52 Å². The number of carbonyl (C=O) groups excluding carboxylic acids is 1. The second kappa shape index (κ2) is 3.57. The summed E-state index contributed by atoms with van der Waals surface area (Å²) in [5.41, 5.74) is 0.962. The molecule has 4 rings (SSSR count). The molecule has 0 spiro atoms. The SMILES string of the molecule is O=C(Nc1n[nH]c2ccccc12)C1C2CCCC21. The fourth-order valence-corrected chi connectivity index (χ4v) is 3.47. The van der Waals surface area contributed by atoms with Crippen molar-refractivity contribution in [1.82, 2.24) is 10.2 Å². The van der Waals surface area contributed by atoms with E-state index >= 15 is 0 Å². The summed E-state index contributed by atoms with van der Waals surface area (Å²) in [4.78, 5) is 12.2. The lowest BCUT2D eigenvalue weighted by molar-refractivity contribution is -0.118. The second-order valence-corrected chi connectivity index (χ2v) is 5.39. The van der Waals surface area contributed by atoms with E-state index in [-0.39, 0.29) is 11.8 Å². The number of hydrogen-bond donors (Lipinski definition) is 2. The van der Waals surface area contributed by atoms with Crippen LogP contribution < -0.4 is 5.32 Å². The molecule has 1 aromatic carbocycles. The third kappa shape index (κ3) is 1.38. The van der Waals surface area contributed by atoms with Gasteiger partial charge < -0.3 is 5.32 Å². The third-order valence-electron chi connectivity index (χ3n) is 4.42. The predicted molar refractivity (Wildman–Crippen MR) is 69.0 cm³/mol. The van der Waals surface area contributed by atoms with Gasteiger partial charge in [0.15, 0.2) is 5.82 Å². The Morgan fingerprint density at radius 1 is 1.28 bits per heavy atom. The molecule has 0 aliphatic heterocycles. The van der Waals surface area contributed by atoms with E-state index in [0.717, 1.165) is 10.9 Å². The summed E-state index contributed by atoms with van der Waals surface area (Å²) in [6, 6.07) is 7.85. The molecule has 2 aliphatic carbocycles. The third-order valence-corrected chi connectivity index (χ3v) is 4.42. The van der Waals surface area contributed by atoms with Crippen molar-refractivity contribution < 1.29 is 4.79 Å². The molecule has 1 amide bonds. The van der Waals surface area contributed by atoms with E-state index in [1.165, 1.54) is 19.3 Å². The van der Waals surface area contributed by atoms with Crippen molar-refractivity contribution >= 4 is 22.6 Å². The molecule has 2 aromatic rings. The molecule has 2 N–H and O–H groups in total. The smallest absolute Gasteiger partial charge is 0.229 e. The molecule has 0 radical (unpaired) electrons. The summed E-state index contributed by atoms with van der Waals surface area (Å²) >= 11 is 0. The Bertz CT molecular complexity index is 608. The van der Waals surface area contributed by atoms with E-state index in [0.29, 0.717) is 17.7 Å². The number of hydrogen-bond acceptors (Lipinski definition) is 2. The summed E-state index contributed by atoms with van der Waals surface area (Å²) in [6.07, 6.45) is 3.75. The zero-order valence-corrected chi connectivity index (χ0v) is 10.0. The van der Waals surface area contributed by atoms with Crippen LogP contribution in [-0.4, -0.2) is 16.1 Å². The highest BCUT2D eigenvalue weighted by atomic mass is 16.2. The average Bonchev–Trinajstić information content (AvgIpc) is 2.78. The Morgan fingerprint density at radius 2 is 2.06 bits per heavy atom. The Kier molecular flexibility index (Phi) is 2.01. The van der Waals surface area contributed by atoms with E-state index < -0.39 is 0 Å². The maximum Gasteiger partial charge on any atom is 0.229 e. The van der Waals surface area contributed by atoms with Gasteiger partial charge in [-0.1, -0.05) is 18.6 Å². The number of para-hydroxylation sites is 1. The lowest BCUT2D eigenvalue weighted by atomic mass is 10.1. The van der Waals surface area contributed by atoms with Crippen molar-refractivity contribution in [2.75, 3.05) is 5.32 Å². The first-order chi connectivity index (χ1) is 8.84. The molecule has 4 heteroatoms. The molecule has 2 aliphatic rings. The number of aromatic amines is 1. The van der Waals surface area contributed by atoms with Crippen LogP contribution in [0.4, 0.5) is 5.82 Å². The molecular weight excluding hydrogens is 226 g/mol. The molecule has 92 valence electrons. The molecule has 0 saturated heterocycles. The van der Waals surface area contributed by atoms with E-state index in [1.54, 1.807) is 0 Å². The number of amides is 1. The zero-order chi connectivity index (χ0) is 12.1. The van der Waals surface area contributed by atoms with E-state index in [2.05, 4.69) is 15.5 Å². The monoisotopic (exact) mass is 241 g/mol. The van der Waals surface area contributed by atoms with Gasteiger partial charge in [-0.05, 0) is 36.8 Å². The van der Waals surface area contributed by atoms with Gasteiger partial charge in [-0.2, -0.15) is 5.10 Å². The fourth-order valence-electron chi connectivity index (χ4n) is 3.47.